The van der Waals surface area contributed by atoms with Crippen LogP contribution in [0.5, 0.6) is 0 Å². The van der Waals surface area contributed by atoms with Crippen molar-refractivity contribution < 1.29 is 0 Å². The predicted octanol–water partition coefficient (Wildman–Crippen LogP) is 2.26. The molecule has 2 aliphatic heterocycles. The minimum atomic E-state index is 0.848. The molecule has 2 heterocycles. The highest BCUT2D eigenvalue weighted by Gasteiger charge is 2.05. The molecular formula is C10H10N2. The third-order valence-electron chi connectivity index (χ3n) is 1.81. The molecule has 0 aromatic heterocycles. The molecule has 12 heavy (non-hydrogen) atoms. The van der Waals surface area contributed by atoms with Crippen molar-refractivity contribution in [1.29, 1.82) is 0 Å². The van der Waals surface area contributed by atoms with Gasteiger partial charge in [-0.1, -0.05) is 0 Å². The van der Waals surface area contributed by atoms with Gasteiger partial charge < -0.3 is 0 Å². The van der Waals surface area contributed by atoms with Crippen molar-refractivity contribution in [3.05, 3.63) is 36.2 Å². The van der Waals surface area contributed by atoms with Gasteiger partial charge in [0.05, 0.1) is 0 Å². The standard InChI is InChI=1S/C10H10N2/c1-8-4-5-9-7-10(12-8)3-2-6-11-9/h2-6H,7H2,1H3. The molecule has 0 N–H and O–H groups in total. The van der Waals surface area contributed by atoms with Crippen LogP contribution in [0.25, 0.3) is 0 Å². The van der Waals surface area contributed by atoms with Crippen molar-refractivity contribution in [2.45, 2.75) is 13.3 Å². The number of rotatable bonds is 0. The molecule has 2 aliphatic rings. The van der Waals surface area contributed by atoms with E-state index in [0.29, 0.717) is 0 Å². The fourth-order valence-corrected chi connectivity index (χ4v) is 1.24. The number of hydrogen-bond donors (Lipinski definition) is 0. The van der Waals surface area contributed by atoms with E-state index in [0.717, 1.165) is 23.5 Å². The lowest BCUT2D eigenvalue weighted by molar-refractivity contribution is 1.22. The molecule has 0 aromatic rings. The maximum absolute atomic E-state index is 4.42. The fourth-order valence-electron chi connectivity index (χ4n) is 1.24. The highest BCUT2D eigenvalue weighted by Crippen LogP contribution is 2.13. The first-order chi connectivity index (χ1) is 5.84. The van der Waals surface area contributed by atoms with Crippen molar-refractivity contribution in [3.63, 3.8) is 0 Å². The average molecular weight is 158 g/mol. The Bertz CT molecular complexity index is 341. The Hall–Kier alpha value is -1.44. The van der Waals surface area contributed by atoms with Crippen molar-refractivity contribution in [2.75, 3.05) is 0 Å². The summed E-state index contributed by atoms with van der Waals surface area (Å²) in [6.07, 6.45) is 10.6. The molecule has 0 aromatic carbocycles. The lowest BCUT2D eigenvalue weighted by Crippen LogP contribution is -1.91. The van der Waals surface area contributed by atoms with Gasteiger partial charge in [-0.25, -0.2) is 0 Å². The number of hydrogen-bond acceptors (Lipinski definition) is 2. The minimum absolute atomic E-state index is 0.848. The number of allylic oxidation sites excluding steroid dienone is 5. The van der Waals surface area contributed by atoms with Gasteiger partial charge in [-0.15, -0.1) is 0 Å². The monoisotopic (exact) mass is 158 g/mol. The predicted molar refractivity (Wildman–Crippen MR) is 51.5 cm³/mol. The summed E-state index contributed by atoms with van der Waals surface area (Å²) in [7, 11) is 0. The molecule has 2 nitrogen and oxygen atoms in total. The molecule has 2 heteroatoms. The van der Waals surface area contributed by atoms with Gasteiger partial charge >= 0.3 is 0 Å². The molecule has 0 saturated heterocycles. The topological polar surface area (TPSA) is 24.7 Å². The highest BCUT2D eigenvalue weighted by molar-refractivity contribution is 6.06. The van der Waals surface area contributed by atoms with Gasteiger partial charge in [-0.05, 0) is 31.2 Å². The first-order valence-electron chi connectivity index (χ1n) is 4.00. The molecule has 0 atom stereocenters. The van der Waals surface area contributed by atoms with Crippen LogP contribution in [-0.2, 0) is 0 Å². The second kappa shape index (κ2) is 2.89. The van der Waals surface area contributed by atoms with Crippen LogP contribution in [0.1, 0.15) is 13.3 Å². The summed E-state index contributed by atoms with van der Waals surface area (Å²) in [5.74, 6) is 0. The number of fused-ring (bicyclic) bond motifs is 2. The highest BCUT2D eigenvalue weighted by atomic mass is 14.8. The Morgan fingerprint density at radius 2 is 2.25 bits per heavy atom. The van der Waals surface area contributed by atoms with Crippen LogP contribution >= 0.6 is 0 Å². The van der Waals surface area contributed by atoms with Gasteiger partial charge in [0, 0.05) is 29.7 Å². The van der Waals surface area contributed by atoms with E-state index in [1.54, 1.807) is 0 Å². The second-order valence-electron chi connectivity index (χ2n) is 2.88. The smallest absolute Gasteiger partial charge is 0.0466 e. The Balaban J connectivity index is 2.48. The van der Waals surface area contributed by atoms with E-state index in [1.807, 2.05) is 37.4 Å². The van der Waals surface area contributed by atoms with Crippen molar-refractivity contribution in [2.24, 2.45) is 9.98 Å². The molecule has 0 unspecified atom stereocenters. The first-order valence-corrected chi connectivity index (χ1v) is 4.00. The van der Waals surface area contributed by atoms with Crippen molar-refractivity contribution >= 4 is 11.4 Å². The zero-order valence-electron chi connectivity index (χ0n) is 6.99. The summed E-state index contributed by atoms with van der Waals surface area (Å²) < 4.78 is 0. The Kier molecular flexibility index (Phi) is 1.74. The van der Waals surface area contributed by atoms with Crippen molar-refractivity contribution in [3.8, 4) is 0 Å². The molecule has 2 rings (SSSR count). The van der Waals surface area contributed by atoms with Crippen LogP contribution in [0.2, 0.25) is 0 Å². The summed E-state index contributed by atoms with van der Waals surface area (Å²) in [5, 5.41) is 0. The zero-order valence-corrected chi connectivity index (χ0v) is 6.99. The van der Waals surface area contributed by atoms with Crippen molar-refractivity contribution in [1.82, 2.24) is 0 Å². The quantitative estimate of drug-likeness (QED) is 0.516. The van der Waals surface area contributed by atoms with Crippen LogP contribution in [0.4, 0.5) is 0 Å². The molecular weight excluding hydrogens is 148 g/mol. The minimum Gasteiger partial charge on any atom is -0.261 e. The van der Waals surface area contributed by atoms with E-state index in [9.17, 15) is 0 Å². The lowest BCUT2D eigenvalue weighted by Gasteiger charge is -1.95. The molecule has 2 bridgehead atoms. The average Bonchev–Trinajstić information content (AvgIpc) is 2.35. The molecule has 60 valence electrons. The molecule has 0 spiro atoms. The Labute approximate surface area is 71.7 Å². The second-order valence-corrected chi connectivity index (χ2v) is 2.88. The molecule has 0 fully saturated rings. The normalized spacial score (nSPS) is 20.6. The summed E-state index contributed by atoms with van der Waals surface area (Å²) in [6, 6.07) is 0. The van der Waals surface area contributed by atoms with E-state index in [-0.39, 0.29) is 0 Å². The SMILES string of the molecule is CC1=NC2=CC=CN=C(C=C1)C2. The van der Waals surface area contributed by atoms with Gasteiger partial charge in [0.25, 0.3) is 0 Å². The van der Waals surface area contributed by atoms with Gasteiger partial charge in [-0.2, -0.15) is 0 Å². The third-order valence-corrected chi connectivity index (χ3v) is 1.81. The van der Waals surface area contributed by atoms with Gasteiger partial charge in [0.2, 0.25) is 0 Å². The van der Waals surface area contributed by atoms with Crippen LogP contribution in [0.3, 0.4) is 0 Å². The van der Waals surface area contributed by atoms with Crippen LogP contribution in [0.15, 0.2) is 46.2 Å². The van der Waals surface area contributed by atoms with Crippen LogP contribution < -0.4 is 0 Å². The van der Waals surface area contributed by atoms with E-state index < -0.39 is 0 Å². The first kappa shape index (κ1) is 7.22. The maximum atomic E-state index is 4.42. The maximum Gasteiger partial charge on any atom is 0.0466 e. The molecule has 0 aliphatic carbocycles. The Morgan fingerprint density at radius 3 is 3.17 bits per heavy atom. The van der Waals surface area contributed by atoms with Gasteiger partial charge in [0.15, 0.2) is 0 Å². The van der Waals surface area contributed by atoms with Gasteiger partial charge in [-0.3, -0.25) is 9.98 Å². The van der Waals surface area contributed by atoms with E-state index in [2.05, 4.69) is 9.98 Å². The third kappa shape index (κ3) is 1.42. The fraction of sp³-hybridized carbons (Fsp3) is 0.200. The summed E-state index contributed by atoms with van der Waals surface area (Å²) in [6.45, 7) is 2.00. The Morgan fingerprint density at radius 1 is 1.33 bits per heavy atom. The molecule has 0 saturated carbocycles. The summed E-state index contributed by atoms with van der Waals surface area (Å²) in [4.78, 5) is 8.68. The van der Waals surface area contributed by atoms with Gasteiger partial charge in [0.1, 0.15) is 0 Å². The molecule has 0 radical (unpaired) electrons. The number of aliphatic imine (C=N–C) groups is 2. The van der Waals surface area contributed by atoms with Crippen LogP contribution in [0, 0.1) is 0 Å². The van der Waals surface area contributed by atoms with Crippen LogP contribution in [-0.4, -0.2) is 11.4 Å². The number of nitrogens with zero attached hydrogens (tertiary/aromatic N) is 2. The lowest BCUT2D eigenvalue weighted by atomic mass is 10.2. The largest absolute Gasteiger partial charge is 0.261 e. The molecule has 0 amide bonds. The zero-order chi connectivity index (χ0) is 8.39. The van der Waals surface area contributed by atoms with E-state index in [4.69, 9.17) is 0 Å². The van der Waals surface area contributed by atoms with E-state index >= 15 is 0 Å². The van der Waals surface area contributed by atoms with E-state index in [1.165, 1.54) is 0 Å². The summed E-state index contributed by atoms with van der Waals surface area (Å²) in [5.41, 5.74) is 3.21. The summed E-state index contributed by atoms with van der Waals surface area (Å²) >= 11 is 0.